The highest BCUT2D eigenvalue weighted by atomic mass is 16.8. The number of aromatic nitrogens is 2. The molecule has 0 saturated carbocycles. The SMILES string of the molecule is CC(=O)NC1C(OC2OC(CC(O)C3OC(n4ccc(=O)[nH]c4=O)C(O)C3O)C(O)C(O)C2NC(=O)/C=C/CCCCCCCCC(C)C)OC(CO)C(O)C1O. The Hall–Kier alpha value is -3.12. The maximum absolute atomic E-state index is 13.1. The molecule has 15 unspecified atom stereocenters. The molecule has 11 N–H and O–H groups in total. The number of carbonyl (C=O) groups excluding carboxylic acids is 2. The highest BCUT2D eigenvalue weighted by molar-refractivity contribution is 5.87. The van der Waals surface area contributed by atoms with Gasteiger partial charge in [-0.3, -0.25) is 23.9 Å². The third-order valence-corrected chi connectivity index (χ3v) is 10.5. The van der Waals surface area contributed by atoms with Gasteiger partial charge < -0.3 is 70.4 Å². The molecule has 0 aromatic carbocycles. The van der Waals surface area contributed by atoms with E-state index in [0.717, 1.165) is 49.4 Å². The first-order valence-corrected chi connectivity index (χ1v) is 19.6. The van der Waals surface area contributed by atoms with Gasteiger partial charge in [0.25, 0.3) is 5.56 Å². The lowest BCUT2D eigenvalue weighted by Gasteiger charge is -2.47. The van der Waals surface area contributed by atoms with Crippen molar-refractivity contribution in [1.82, 2.24) is 20.2 Å². The van der Waals surface area contributed by atoms with Crippen molar-refractivity contribution in [2.24, 2.45) is 5.92 Å². The van der Waals surface area contributed by atoms with Crippen LogP contribution in [0.1, 0.15) is 84.8 Å². The normalized spacial score (nSPS) is 35.1. The highest BCUT2D eigenvalue weighted by Gasteiger charge is 2.53. The lowest BCUT2D eigenvalue weighted by Crippen LogP contribution is -2.68. The number of aromatic amines is 1. The Bertz CT molecular complexity index is 1570. The van der Waals surface area contributed by atoms with Crippen LogP contribution >= 0.6 is 0 Å². The molecule has 20 heteroatoms. The molecule has 15 atom stereocenters. The van der Waals surface area contributed by atoms with E-state index in [1.54, 1.807) is 6.08 Å². The summed E-state index contributed by atoms with van der Waals surface area (Å²) >= 11 is 0. The molecule has 3 aliphatic rings. The second-order valence-electron chi connectivity index (χ2n) is 15.4. The molecule has 4 rings (SSSR count). The van der Waals surface area contributed by atoms with E-state index in [4.69, 9.17) is 18.9 Å². The number of hydrogen-bond acceptors (Lipinski definition) is 16. The van der Waals surface area contributed by atoms with Gasteiger partial charge in [0.2, 0.25) is 11.8 Å². The van der Waals surface area contributed by atoms with Gasteiger partial charge in [0.1, 0.15) is 60.9 Å². The van der Waals surface area contributed by atoms with Crippen molar-refractivity contribution in [2.45, 2.75) is 170 Å². The first kappa shape index (κ1) is 46.6. The predicted octanol–water partition coefficient (Wildman–Crippen LogP) is -2.87. The van der Waals surface area contributed by atoms with E-state index >= 15 is 0 Å². The number of ether oxygens (including phenoxy) is 4. The Morgan fingerprint density at radius 3 is 2.05 bits per heavy atom. The summed E-state index contributed by atoms with van der Waals surface area (Å²) in [5.74, 6) is -0.665. The van der Waals surface area contributed by atoms with Crippen LogP contribution in [-0.2, 0) is 28.5 Å². The summed E-state index contributed by atoms with van der Waals surface area (Å²) in [6.45, 7) is 4.75. The minimum absolute atomic E-state index is 0.598. The molecule has 0 aliphatic carbocycles. The minimum atomic E-state index is -1.85. The third kappa shape index (κ3) is 12.4. The molecule has 324 valence electrons. The number of amides is 2. The molecule has 0 spiro atoms. The first-order valence-electron chi connectivity index (χ1n) is 19.6. The monoisotopic (exact) mass is 816 g/mol. The number of H-pyrrole nitrogens is 1. The van der Waals surface area contributed by atoms with Crippen LogP contribution in [0.3, 0.4) is 0 Å². The number of nitrogens with one attached hydrogen (secondary N) is 3. The molecule has 1 aromatic heterocycles. The number of carbonyl (C=O) groups is 2. The second kappa shape index (κ2) is 21.8. The van der Waals surface area contributed by atoms with Crippen molar-refractivity contribution in [2.75, 3.05) is 6.61 Å². The maximum Gasteiger partial charge on any atom is 0.330 e. The van der Waals surface area contributed by atoms with Gasteiger partial charge in [-0.15, -0.1) is 0 Å². The molecule has 2 amide bonds. The van der Waals surface area contributed by atoms with Crippen molar-refractivity contribution >= 4 is 11.8 Å². The lowest BCUT2D eigenvalue weighted by molar-refractivity contribution is -0.346. The van der Waals surface area contributed by atoms with Crippen LogP contribution in [0.25, 0.3) is 0 Å². The Labute approximate surface area is 329 Å². The van der Waals surface area contributed by atoms with Crippen LogP contribution in [0.5, 0.6) is 0 Å². The molecule has 1 aromatic rings. The van der Waals surface area contributed by atoms with Gasteiger partial charge in [-0.05, 0) is 24.8 Å². The summed E-state index contributed by atoms with van der Waals surface area (Å²) < 4.78 is 24.1. The maximum atomic E-state index is 13.1. The molecule has 20 nitrogen and oxygen atoms in total. The lowest BCUT2D eigenvalue weighted by atomic mass is 9.91. The molecule has 3 saturated heterocycles. The number of rotatable bonds is 19. The van der Waals surface area contributed by atoms with Crippen LogP contribution < -0.4 is 21.9 Å². The van der Waals surface area contributed by atoms with E-state index in [9.17, 15) is 60.0 Å². The van der Waals surface area contributed by atoms with E-state index in [1.807, 2.05) is 4.98 Å². The topological polar surface area (TPSA) is 312 Å². The second-order valence-corrected chi connectivity index (χ2v) is 15.4. The van der Waals surface area contributed by atoms with E-state index < -0.39 is 128 Å². The third-order valence-electron chi connectivity index (χ3n) is 10.5. The number of hydrogen-bond donors (Lipinski definition) is 11. The van der Waals surface area contributed by atoms with Gasteiger partial charge in [-0.1, -0.05) is 58.4 Å². The molecule has 3 aliphatic heterocycles. The largest absolute Gasteiger partial charge is 0.394 e. The highest BCUT2D eigenvalue weighted by Crippen LogP contribution is 2.34. The van der Waals surface area contributed by atoms with Crippen molar-refractivity contribution in [1.29, 1.82) is 0 Å². The van der Waals surface area contributed by atoms with E-state index in [1.165, 1.54) is 25.3 Å². The van der Waals surface area contributed by atoms with Crippen LogP contribution in [0.2, 0.25) is 0 Å². The fraction of sp³-hybridized carbons (Fsp3) is 0.784. The van der Waals surface area contributed by atoms with Crippen molar-refractivity contribution in [3.05, 3.63) is 45.3 Å². The van der Waals surface area contributed by atoms with Crippen molar-refractivity contribution < 1.29 is 69.4 Å². The Balaban J connectivity index is 1.48. The fourth-order valence-electron chi connectivity index (χ4n) is 7.27. The summed E-state index contributed by atoms with van der Waals surface area (Å²) in [7, 11) is 0. The summed E-state index contributed by atoms with van der Waals surface area (Å²) in [6, 6.07) is -2.01. The molecule has 3 fully saturated rings. The summed E-state index contributed by atoms with van der Waals surface area (Å²) in [5, 5.41) is 91.3. The number of allylic oxidation sites excluding steroid dienone is 1. The van der Waals surface area contributed by atoms with Crippen LogP contribution in [0.15, 0.2) is 34.0 Å². The fourth-order valence-corrected chi connectivity index (χ4v) is 7.27. The summed E-state index contributed by atoms with van der Waals surface area (Å²) in [6.07, 6.45) is -10.3. The van der Waals surface area contributed by atoms with Crippen molar-refractivity contribution in [3.63, 3.8) is 0 Å². The number of nitrogens with zero attached hydrogens (tertiary/aromatic N) is 1. The molecule has 0 radical (unpaired) electrons. The van der Waals surface area contributed by atoms with Crippen LogP contribution in [-0.4, -0.2) is 155 Å². The molecule has 4 heterocycles. The van der Waals surface area contributed by atoms with E-state index in [-0.39, 0.29) is 0 Å². The Morgan fingerprint density at radius 1 is 0.842 bits per heavy atom. The van der Waals surface area contributed by atoms with Gasteiger partial charge in [-0.25, -0.2) is 4.79 Å². The zero-order valence-electron chi connectivity index (χ0n) is 32.4. The quantitative estimate of drug-likeness (QED) is 0.0494. The van der Waals surface area contributed by atoms with Gasteiger partial charge in [-0.2, -0.15) is 0 Å². The standard InChI is InChI=1S/C37H60N4O16/c1-18(2)12-10-8-6-4-5-7-9-11-13-23(45)39-26-30(50)27(47)21(54-36(26)57-35-25(38-19(3)43)29(49)28(48)22(17-42)55-35)16-20(44)33-31(51)32(52)34(56-33)41-15-14-24(46)40-37(41)53/h11,13-15,18,20-22,25-36,42,44,47-52H,4-10,12,16-17H2,1-3H3,(H,38,43)(H,39,45)(H,40,46,53)/b13-11+. The van der Waals surface area contributed by atoms with Gasteiger partial charge >= 0.3 is 5.69 Å². The van der Waals surface area contributed by atoms with Crippen LogP contribution in [0.4, 0.5) is 0 Å². The first-order chi connectivity index (χ1) is 27.0. The van der Waals surface area contributed by atoms with E-state index in [0.29, 0.717) is 12.3 Å². The zero-order valence-corrected chi connectivity index (χ0v) is 32.4. The van der Waals surface area contributed by atoms with Crippen LogP contribution in [0, 0.1) is 5.92 Å². The van der Waals surface area contributed by atoms with E-state index in [2.05, 4.69) is 24.5 Å². The summed E-state index contributed by atoms with van der Waals surface area (Å²) in [4.78, 5) is 51.0. The average molecular weight is 817 g/mol. The number of aliphatic hydroxyl groups excluding tert-OH is 8. The smallest absolute Gasteiger partial charge is 0.330 e. The Kier molecular flexibility index (Phi) is 17.8. The zero-order chi connectivity index (χ0) is 42.0. The Morgan fingerprint density at radius 2 is 1.44 bits per heavy atom. The molecule has 0 bridgehead atoms. The van der Waals surface area contributed by atoms with Gasteiger partial charge in [0.05, 0.1) is 18.8 Å². The number of unbranched alkanes of at least 4 members (excludes halogenated alkanes) is 6. The minimum Gasteiger partial charge on any atom is -0.394 e. The number of aliphatic hydroxyl groups is 8. The molecular formula is C37H60N4O16. The van der Waals surface area contributed by atoms with Gasteiger partial charge in [0.15, 0.2) is 18.8 Å². The molecular weight excluding hydrogens is 756 g/mol. The summed E-state index contributed by atoms with van der Waals surface area (Å²) in [5.41, 5.74) is -1.68. The van der Waals surface area contributed by atoms with Crippen molar-refractivity contribution in [3.8, 4) is 0 Å². The van der Waals surface area contributed by atoms with Gasteiger partial charge in [0, 0.05) is 25.6 Å². The molecule has 57 heavy (non-hydrogen) atoms. The average Bonchev–Trinajstić information content (AvgIpc) is 3.45. The predicted molar refractivity (Wildman–Crippen MR) is 198 cm³/mol.